The van der Waals surface area contributed by atoms with Crippen molar-refractivity contribution in [2.45, 2.75) is 84.1 Å². The van der Waals surface area contributed by atoms with Crippen molar-refractivity contribution in [1.82, 2.24) is 4.90 Å². The van der Waals surface area contributed by atoms with Gasteiger partial charge in [0.1, 0.15) is 0 Å². The first-order valence-corrected chi connectivity index (χ1v) is 8.66. The second-order valence-electron chi connectivity index (χ2n) is 6.11. The average molecular weight is 350 g/mol. The summed E-state index contributed by atoms with van der Waals surface area (Å²) in [5.41, 5.74) is 0. The molecule has 1 rings (SSSR count). The standard InChI is InChI=1S/C17H35NO.BrH/c1-3-4-5-6-7-8-9-10-11-12-17(2)18-13-15-19-16-14-18;/h17H,3-16H2,1-2H3;1H. The molecule has 0 amide bonds. The van der Waals surface area contributed by atoms with Crippen molar-refractivity contribution in [2.75, 3.05) is 26.3 Å². The third kappa shape index (κ3) is 10.2. The van der Waals surface area contributed by atoms with E-state index in [0.717, 1.165) is 32.3 Å². The van der Waals surface area contributed by atoms with Gasteiger partial charge in [-0.25, -0.2) is 0 Å². The van der Waals surface area contributed by atoms with Crippen LogP contribution in [0.2, 0.25) is 0 Å². The molecular formula is C17H36BrNO. The number of ether oxygens (including phenoxy) is 1. The zero-order valence-electron chi connectivity index (χ0n) is 13.7. The van der Waals surface area contributed by atoms with E-state index in [1.54, 1.807) is 0 Å². The van der Waals surface area contributed by atoms with Crippen LogP contribution in [0.25, 0.3) is 0 Å². The molecule has 0 N–H and O–H groups in total. The number of hydrogen-bond donors (Lipinski definition) is 0. The van der Waals surface area contributed by atoms with E-state index in [0.29, 0.717) is 0 Å². The Labute approximate surface area is 137 Å². The molecule has 3 heteroatoms. The van der Waals surface area contributed by atoms with Gasteiger partial charge >= 0.3 is 0 Å². The quantitative estimate of drug-likeness (QED) is 0.475. The van der Waals surface area contributed by atoms with Crippen LogP contribution >= 0.6 is 17.0 Å². The van der Waals surface area contributed by atoms with Crippen LogP contribution in [0.4, 0.5) is 0 Å². The molecule has 0 aromatic rings. The highest BCUT2D eigenvalue weighted by Gasteiger charge is 2.15. The maximum absolute atomic E-state index is 5.41. The second kappa shape index (κ2) is 14.3. The molecule has 1 aliphatic rings. The molecule has 0 saturated carbocycles. The van der Waals surface area contributed by atoms with Crippen LogP contribution in [-0.2, 0) is 4.74 Å². The van der Waals surface area contributed by atoms with E-state index in [1.807, 2.05) is 0 Å². The van der Waals surface area contributed by atoms with Gasteiger partial charge in [-0.1, -0.05) is 64.7 Å². The van der Waals surface area contributed by atoms with E-state index in [4.69, 9.17) is 4.74 Å². The summed E-state index contributed by atoms with van der Waals surface area (Å²) in [6, 6.07) is 0.758. The van der Waals surface area contributed by atoms with Crippen LogP contribution in [0.3, 0.4) is 0 Å². The van der Waals surface area contributed by atoms with Gasteiger partial charge in [-0.2, -0.15) is 0 Å². The Hall–Kier alpha value is 0.400. The number of halogens is 1. The first kappa shape index (κ1) is 20.4. The van der Waals surface area contributed by atoms with Gasteiger partial charge in [0.25, 0.3) is 0 Å². The van der Waals surface area contributed by atoms with Crippen LogP contribution in [0.5, 0.6) is 0 Å². The molecule has 0 aromatic heterocycles. The molecule has 0 bridgehead atoms. The summed E-state index contributed by atoms with van der Waals surface area (Å²) in [4.78, 5) is 2.59. The van der Waals surface area contributed by atoms with Crippen LogP contribution in [-0.4, -0.2) is 37.2 Å². The van der Waals surface area contributed by atoms with Crippen LogP contribution in [0.15, 0.2) is 0 Å². The van der Waals surface area contributed by atoms with Crippen molar-refractivity contribution in [1.29, 1.82) is 0 Å². The fraction of sp³-hybridized carbons (Fsp3) is 1.00. The predicted molar refractivity (Wildman–Crippen MR) is 94.0 cm³/mol. The lowest BCUT2D eigenvalue weighted by molar-refractivity contribution is 0.0181. The summed E-state index contributed by atoms with van der Waals surface area (Å²) in [6.45, 7) is 8.81. The summed E-state index contributed by atoms with van der Waals surface area (Å²) in [5.74, 6) is 0. The molecular weight excluding hydrogens is 314 g/mol. The Morgan fingerprint density at radius 1 is 0.850 bits per heavy atom. The van der Waals surface area contributed by atoms with Gasteiger partial charge in [-0.15, -0.1) is 17.0 Å². The van der Waals surface area contributed by atoms with E-state index in [9.17, 15) is 0 Å². The fourth-order valence-corrected chi connectivity index (χ4v) is 2.95. The van der Waals surface area contributed by atoms with Crippen molar-refractivity contribution in [3.63, 3.8) is 0 Å². The lowest BCUT2D eigenvalue weighted by atomic mass is 10.0. The first-order valence-electron chi connectivity index (χ1n) is 8.66. The molecule has 0 spiro atoms. The van der Waals surface area contributed by atoms with Crippen molar-refractivity contribution in [2.24, 2.45) is 0 Å². The van der Waals surface area contributed by atoms with Crippen molar-refractivity contribution in [3.8, 4) is 0 Å². The zero-order valence-corrected chi connectivity index (χ0v) is 15.5. The molecule has 0 aliphatic carbocycles. The lowest BCUT2D eigenvalue weighted by Crippen LogP contribution is -2.42. The summed E-state index contributed by atoms with van der Waals surface area (Å²) in [7, 11) is 0. The summed E-state index contributed by atoms with van der Waals surface area (Å²) in [6.07, 6.45) is 14.3. The Kier molecular flexibility index (Phi) is 14.6. The van der Waals surface area contributed by atoms with E-state index in [2.05, 4.69) is 18.7 Å². The Balaban J connectivity index is 0.00000361. The first-order chi connectivity index (χ1) is 9.34. The highest BCUT2D eigenvalue weighted by atomic mass is 79.9. The predicted octanol–water partition coefficient (Wildman–Crippen LogP) is 5.21. The molecule has 1 heterocycles. The minimum atomic E-state index is 0. The minimum absolute atomic E-state index is 0. The summed E-state index contributed by atoms with van der Waals surface area (Å²) in [5, 5.41) is 0. The molecule has 0 radical (unpaired) electrons. The third-order valence-corrected chi connectivity index (χ3v) is 4.39. The molecule has 2 nitrogen and oxygen atoms in total. The van der Waals surface area contributed by atoms with Crippen LogP contribution in [0, 0.1) is 0 Å². The monoisotopic (exact) mass is 349 g/mol. The van der Waals surface area contributed by atoms with Gasteiger partial charge in [0.05, 0.1) is 13.2 Å². The molecule has 1 saturated heterocycles. The molecule has 20 heavy (non-hydrogen) atoms. The smallest absolute Gasteiger partial charge is 0.0594 e. The number of morpholine rings is 1. The highest BCUT2D eigenvalue weighted by molar-refractivity contribution is 8.93. The van der Waals surface area contributed by atoms with Gasteiger partial charge in [0.2, 0.25) is 0 Å². The topological polar surface area (TPSA) is 12.5 Å². The molecule has 1 fully saturated rings. The summed E-state index contributed by atoms with van der Waals surface area (Å²) < 4.78 is 5.41. The maximum Gasteiger partial charge on any atom is 0.0594 e. The van der Waals surface area contributed by atoms with Gasteiger partial charge in [-0.05, 0) is 13.3 Å². The average Bonchev–Trinajstić information content (AvgIpc) is 2.46. The van der Waals surface area contributed by atoms with E-state index < -0.39 is 0 Å². The normalized spacial score (nSPS) is 17.7. The van der Waals surface area contributed by atoms with Gasteiger partial charge in [0, 0.05) is 19.1 Å². The molecule has 1 unspecified atom stereocenters. The molecule has 1 atom stereocenters. The van der Waals surface area contributed by atoms with Crippen molar-refractivity contribution in [3.05, 3.63) is 0 Å². The Bertz CT molecular complexity index is 195. The maximum atomic E-state index is 5.41. The van der Waals surface area contributed by atoms with E-state index in [1.165, 1.54) is 64.2 Å². The largest absolute Gasteiger partial charge is 0.379 e. The van der Waals surface area contributed by atoms with Crippen molar-refractivity contribution >= 4 is 17.0 Å². The summed E-state index contributed by atoms with van der Waals surface area (Å²) >= 11 is 0. The van der Waals surface area contributed by atoms with Gasteiger partial charge < -0.3 is 4.74 Å². The third-order valence-electron chi connectivity index (χ3n) is 4.39. The number of rotatable bonds is 11. The number of unbranched alkanes of at least 4 members (excludes halogenated alkanes) is 8. The Morgan fingerprint density at radius 3 is 1.90 bits per heavy atom. The number of nitrogens with zero attached hydrogens (tertiary/aromatic N) is 1. The lowest BCUT2D eigenvalue weighted by Gasteiger charge is -2.32. The van der Waals surface area contributed by atoms with E-state index >= 15 is 0 Å². The van der Waals surface area contributed by atoms with Gasteiger partial charge in [0.15, 0.2) is 0 Å². The SMILES string of the molecule is Br.CCCCCCCCCCCC(C)N1CCOCC1. The molecule has 1 aliphatic heterocycles. The van der Waals surface area contributed by atoms with Gasteiger partial charge in [-0.3, -0.25) is 4.90 Å². The molecule has 122 valence electrons. The highest BCUT2D eigenvalue weighted by Crippen LogP contribution is 2.14. The zero-order chi connectivity index (χ0) is 13.8. The fourth-order valence-electron chi connectivity index (χ4n) is 2.95. The second-order valence-corrected chi connectivity index (χ2v) is 6.11. The van der Waals surface area contributed by atoms with Crippen LogP contribution < -0.4 is 0 Å². The van der Waals surface area contributed by atoms with Crippen LogP contribution in [0.1, 0.15) is 78.1 Å². The Morgan fingerprint density at radius 2 is 1.35 bits per heavy atom. The van der Waals surface area contributed by atoms with Crippen molar-refractivity contribution < 1.29 is 4.74 Å². The number of hydrogen-bond acceptors (Lipinski definition) is 2. The minimum Gasteiger partial charge on any atom is -0.379 e. The molecule has 0 aromatic carbocycles. The van der Waals surface area contributed by atoms with E-state index in [-0.39, 0.29) is 17.0 Å².